The van der Waals surface area contributed by atoms with E-state index in [1.54, 1.807) is 34.7 Å². The molecule has 0 bridgehead atoms. The first-order valence-electron chi connectivity index (χ1n) is 19.9. The zero-order valence-electron chi connectivity index (χ0n) is 32.4. The van der Waals surface area contributed by atoms with Crippen molar-refractivity contribution < 1.29 is 33.4 Å². The molecule has 56 heavy (non-hydrogen) atoms. The number of nitrogens with zero attached hydrogens (tertiary/aromatic N) is 2. The number of ether oxygens (including phenoxy) is 2. The van der Waals surface area contributed by atoms with Crippen LogP contribution in [0.25, 0.3) is 0 Å². The highest BCUT2D eigenvalue weighted by Crippen LogP contribution is 2.36. The number of amides is 4. The van der Waals surface area contributed by atoms with Crippen molar-refractivity contribution in [3.8, 4) is 5.75 Å². The van der Waals surface area contributed by atoms with E-state index in [1.807, 2.05) is 78.9 Å². The summed E-state index contributed by atoms with van der Waals surface area (Å²) in [6.45, 7) is 0.553. The van der Waals surface area contributed by atoms with Gasteiger partial charge in [-0.1, -0.05) is 72.8 Å². The van der Waals surface area contributed by atoms with Crippen LogP contribution in [0.5, 0.6) is 5.75 Å². The van der Waals surface area contributed by atoms with E-state index in [-0.39, 0.29) is 29.0 Å². The van der Waals surface area contributed by atoms with E-state index < -0.39 is 35.9 Å². The smallest absolute Gasteiger partial charge is 0.328 e. The summed E-state index contributed by atoms with van der Waals surface area (Å²) in [5, 5.41) is 5.98. The number of hydrogen-bond donors (Lipinski definition) is 2. The van der Waals surface area contributed by atoms with Crippen molar-refractivity contribution >= 4 is 47.0 Å². The Bertz CT molecular complexity index is 1810. The molecule has 0 aromatic heterocycles. The number of para-hydroxylation sites is 2. The monoisotopic (exact) mass is 782 g/mol. The van der Waals surface area contributed by atoms with Crippen molar-refractivity contribution in [2.75, 3.05) is 31.4 Å². The van der Waals surface area contributed by atoms with Crippen LogP contribution in [0.2, 0.25) is 0 Å². The van der Waals surface area contributed by atoms with Gasteiger partial charge in [0.05, 0.1) is 25.3 Å². The first kappa shape index (κ1) is 40.8. The number of carbonyl (C=O) groups excluding carboxylic acids is 5. The van der Waals surface area contributed by atoms with Gasteiger partial charge >= 0.3 is 5.97 Å². The zero-order chi connectivity index (χ0) is 39.4. The molecular formula is C44H54N4O7S. The Hall–Kier alpha value is -4.84. The van der Waals surface area contributed by atoms with Crippen LogP contribution in [0.1, 0.15) is 68.9 Å². The molecule has 3 heterocycles. The number of nitrogens with one attached hydrogen (secondary N) is 2. The average molecular weight is 783 g/mol. The van der Waals surface area contributed by atoms with Crippen molar-refractivity contribution in [2.45, 2.75) is 94.1 Å². The van der Waals surface area contributed by atoms with Gasteiger partial charge in [-0.2, -0.15) is 0 Å². The molecule has 3 aliphatic rings. The van der Waals surface area contributed by atoms with E-state index in [9.17, 15) is 19.2 Å². The number of piperidine rings is 1. The summed E-state index contributed by atoms with van der Waals surface area (Å²) in [7, 11) is 2.90. The minimum absolute atomic E-state index is 0.145. The highest BCUT2D eigenvalue weighted by molar-refractivity contribution is 7.99. The van der Waals surface area contributed by atoms with E-state index in [0.29, 0.717) is 68.7 Å². The molecule has 3 aliphatic heterocycles. The van der Waals surface area contributed by atoms with E-state index in [0.717, 1.165) is 36.8 Å². The Morgan fingerprint density at radius 3 is 2.18 bits per heavy atom. The molecule has 3 aromatic carbocycles. The van der Waals surface area contributed by atoms with E-state index >= 15 is 4.79 Å². The number of rotatable bonds is 14. The quantitative estimate of drug-likeness (QED) is 0.199. The van der Waals surface area contributed by atoms with Crippen LogP contribution in [0.4, 0.5) is 5.69 Å². The van der Waals surface area contributed by atoms with Crippen LogP contribution in [0.15, 0.2) is 84.9 Å². The fourth-order valence-electron chi connectivity index (χ4n) is 8.31. The molecule has 11 nitrogen and oxygen atoms in total. The van der Waals surface area contributed by atoms with Crippen molar-refractivity contribution in [3.05, 3.63) is 96.1 Å². The van der Waals surface area contributed by atoms with Gasteiger partial charge in [0, 0.05) is 18.4 Å². The molecule has 4 amide bonds. The SMILES string of the molecule is COC(=O)C1CCCC2SCCC(NC(=O)[C@H](CC[C@H](Cc3ccccc3)C(=O)N(c3ccccc3OC)[C@H]3CCCCNC3=O)Cc3ccccc3)C(=O)N21. The summed E-state index contributed by atoms with van der Waals surface area (Å²) in [6.07, 6.45) is 6.21. The fourth-order valence-corrected chi connectivity index (χ4v) is 9.70. The molecule has 3 fully saturated rings. The highest BCUT2D eigenvalue weighted by atomic mass is 32.2. The lowest BCUT2D eigenvalue weighted by molar-refractivity contribution is -0.156. The summed E-state index contributed by atoms with van der Waals surface area (Å²) in [6, 6.07) is 24.7. The van der Waals surface area contributed by atoms with E-state index in [2.05, 4.69) is 10.6 Å². The molecule has 0 saturated carbocycles. The number of hydrogen-bond acceptors (Lipinski definition) is 8. The predicted molar refractivity (Wildman–Crippen MR) is 217 cm³/mol. The summed E-state index contributed by atoms with van der Waals surface area (Å²) in [5.74, 6) is -1.36. The van der Waals surface area contributed by atoms with Gasteiger partial charge in [-0.15, -0.1) is 11.8 Å². The lowest BCUT2D eigenvalue weighted by Gasteiger charge is -2.40. The average Bonchev–Trinajstić information content (AvgIpc) is 3.54. The Morgan fingerprint density at radius 2 is 1.48 bits per heavy atom. The number of methoxy groups -OCH3 is 2. The highest BCUT2D eigenvalue weighted by Gasteiger charge is 2.44. The van der Waals surface area contributed by atoms with Crippen molar-refractivity contribution in [2.24, 2.45) is 11.8 Å². The minimum atomic E-state index is -0.792. The Balaban J connectivity index is 1.30. The van der Waals surface area contributed by atoms with Gasteiger partial charge in [-0.3, -0.25) is 24.1 Å². The minimum Gasteiger partial charge on any atom is -0.495 e. The molecule has 2 N–H and O–H groups in total. The molecule has 6 rings (SSSR count). The number of thioether (sulfide) groups is 1. The van der Waals surface area contributed by atoms with Crippen LogP contribution < -0.4 is 20.3 Å². The number of fused-ring (bicyclic) bond motifs is 1. The Kier molecular flexibility index (Phi) is 14.5. The van der Waals surface area contributed by atoms with Gasteiger partial charge in [0.25, 0.3) is 0 Å². The van der Waals surface area contributed by atoms with Crippen molar-refractivity contribution in [3.63, 3.8) is 0 Å². The molecule has 3 aromatic rings. The third-order valence-corrected chi connectivity index (χ3v) is 12.6. The first-order chi connectivity index (χ1) is 27.3. The lowest BCUT2D eigenvalue weighted by atomic mass is 9.86. The standard InChI is InChI=1S/C44H54N4O7S/c1-54-38-21-10-9-18-35(38)47(36-19-11-12-26-45-41(36)50)42(51)33(29-31-16-7-4-8-17-31)24-23-32(28-30-14-5-3-6-15-30)40(49)46-34-25-27-56-39-22-13-20-37(44(53)55-2)48(39)43(34)52/h3-10,14-18,21,32-34,36-37,39H,11-13,19-20,22-29H2,1-2H3,(H,45,50)(H,46,49)/t32-,33-,34?,36+,37?,39?/m1/s1. The number of carbonyl (C=O) groups is 5. The van der Waals surface area contributed by atoms with Gasteiger partial charge in [0.1, 0.15) is 23.9 Å². The summed E-state index contributed by atoms with van der Waals surface area (Å²) < 4.78 is 10.8. The third kappa shape index (κ3) is 9.93. The van der Waals surface area contributed by atoms with Crippen LogP contribution in [-0.2, 0) is 41.6 Å². The molecule has 12 heteroatoms. The third-order valence-electron chi connectivity index (χ3n) is 11.3. The maximum absolute atomic E-state index is 15.2. The summed E-state index contributed by atoms with van der Waals surface area (Å²) >= 11 is 1.65. The molecule has 0 aliphatic carbocycles. The topological polar surface area (TPSA) is 134 Å². The normalized spacial score (nSPS) is 22.3. The Labute approximate surface area is 334 Å². The largest absolute Gasteiger partial charge is 0.495 e. The number of anilines is 1. The molecule has 0 radical (unpaired) electrons. The maximum atomic E-state index is 15.2. The van der Waals surface area contributed by atoms with Crippen LogP contribution in [0.3, 0.4) is 0 Å². The number of benzene rings is 3. The van der Waals surface area contributed by atoms with E-state index in [1.165, 1.54) is 7.11 Å². The second-order valence-electron chi connectivity index (χ2n) is 14.9. The van der Waals surface area contributed by atoms with Gasteiger partial charge < -0.3 is 25.0 Å². The zero-order valence-corrected chi connectivity index (χ0v) is 33.2. The molecule has 298 valence electrons. The first-order valence-corrected chi connectivity index (χ1v) is 21.0. The predicted octanol–water partition coefficient (Wildman–Crippen LogP) is 5.70. The summed E-state index contributed by atoms with van der Waals surface area (Å²) in [5.41, 5.74) is 2.47. The fraction of sp³-hybridized carbons (Fsp3) is 0.477. The van der Waals surface area contributed by atoms with Gasteiger partial charge in [-0.25, -0.2) is 4.79 Å². The molecule has 3 saturated heterocycles. The Morgan fingerprint density at radius 1 is 0.821 bits per heavy atom. The molecule has 6 atom stereocenters. The van der Waals surface area contributed by atoms with Crippen molar-refractivity contribution in [1.82, 2.24) is 15.5 Å². The van der Waals surface area contributed by atoms with Gasteiger partial charge in [0.2, 0.25) is 23.6 Å². The second kappa shape index (κ2) is 19.8. The maximum Gasteiger partial charge on any atom is 0.328 e. The van der Waals surface area contributed by atoms with Crippen LogP contribution in [-0.4, -0.2) is 84.5 Å². The van der Waals surface area contributed by atoms with Crippen LogP contribution >= 0.6 is 11.8 Å². The second-order valence-corrected chi connectivity index (χ2v) is 16.2. The molecule has 0 spiro atoms. The van der Waals surface area contributed by atoms with Crippen LogP contribution in [0, 0.1) is 11.8 Å². The van der Waals surface area contributed by atoms with Gasteiger partial charge in [-0.05, 0) is 99.6 Å². The van der Waals surface area contributed by atoms with Gasteiger partial charge in [0.15, 0.2) is 0 Å². The molecular weight excluding hydrogens is 729 g/mol. The summed E-state index contributed by atoms with van der Waals surface area (Å²) in [4.78, 5) is 73.5. The van der Waals surface area contributed by atoms with Crippen molar-refractivity contribution in [1.29, 1.82) is 0 Å². The number of esters is 1. The lowest BCUT2D eigenvalue weighted by Crippen LogP contribution is -2.57. The van der Waals surface area contributed by atoms with E-state index in [4.69, 9.17) is 9.47 Å². The molecule has 3 unspecified atom stereocenters.